The second kappa shape index (κ2) is 6.60. The standard InChI is InChI=1S/C13H17FN4OS/c1-9(2)18-12(15)16-17-13(18)20-8-7-19-11-5-3-10(14)4-6-11/h3-6,9H,7-8H2,1-2H3,(H2,15,16). The smallest absolute Gasteiger partial charge is 0.222 e. The van der Waals surface area contributed by atoms with Gasteiger partial charge in [0, 0.05) is 11.8 Å². The van der Waals surface area contributed by atoms with Gasteiger partial charge in [0.25, 0.3) is 0 Å². The Hall–Kier alpha value is -1.76. The first-order chi connectivity index (χ1) is 9.58. The van der Waals surface area contributed by atoms with Gasteiger partial charge in [-0.1, -0.05) is 11.8 Å². The van der Waals surface area contributed by atoms with Crippen LogP contribution in [-0.4, -0.2) is 27.1 Å². The molecule has 20 heavy (non-hydrogen) atoms. The van der Waals surface area contributed by atoms with Crippen molar-refractivity contribution in [3.05, 3.63) is 30.1 Å². The third-order valence-corrected chi connectivity index (χ3v) is 3.51. The second-order valence-corrected chi connectivity index (χ2v) is 5.52. The molecule has 0 saturated carbocycles. The van der Waals surface area contributed by atoms with E-state index in [-0.39, 0.29) is 11.9 Å². The van der Waals surface area contributed by atoms with Crippen molar-refractivity contribution in [2.75, 3.05) is 18.1 Å². The SMILES string of the molecule is CC(C)n1c(N)nnc1SCCOc1ccc(F)cc1. The maximum atomic E-state index is 12.7. The van der Waals surface area contributed by atoms with Crippen LogP contribution in [0.25, 0.3) is 0 Å². The molecule has 0 atom stereocenters. The zero-order valence-electron chi connectivity index (χ0n) is 11.4. The van der Waals surface area contributed by atoms with Crippen LogP contribution in [0.3, 0.4) is 0 Å². The molecule has 2 rings (SSSR count). The summed E-state index contributed by atoms with van der Waals surface area (Å²) in [7, 11) is 0. The van der Waals surface area contributed by atoms with E-state index >= 15 is 0 Å². The van der Waals surface area contributed by atoms with Crippen molar-refractivity contribution in [3.63, 3.8) is 0 Å². The highest BCUT2D eigenvalue weighted by Gasteiger charge is 2.12. The summed E-state index contributed by atoms with van der Waals surface area (Å²) in [5, 5.41) is 8.69. The number of rotatable bonds is 6. The number of benzene rings is 1. The predicted octanol–water partition coefficient (Wildman–Crippen LogP) is 2.75. The van der Waals surface area contributed by atoms with Crippen LogP contribution in [0.5, 0.6) is 5.75 Å². The molecule has 0 aliphatic heterocycles. The molecule has 2 aromatic rings. The van der Waals surface area contributed by atoms with E-state index in [9.17, 15) is 4.39 Å². The summed E-state index contributed by atoms with van der Waals surface area (Å²) in [5.74, 6) is 1.51. The average Bonchev–Trinajstić information content (AvgIpc) is 2.78. The van der Waals surface area contributed by atoms with E-state index in [1.807, 2.05) is 18.4 Å². The van der Waals surface area contributed by atoms with Crippen molar-refractivity contribution in [1.82, 2.24) is 14.8 Å². The Morgan fingerprint density at radius 3 is 2.65 bits per heavy atom. The van der Waals surface area contributed by atoms with Gasteiger partial charge in [-0.25, -0.2) is 4.39 Å². The van der Waals surface area contributed by atoms with Crippen LogP contribution in [0.4, 0.5) is 10.3 Å². The van der Waals surface area contributed by atoms with Crippen molar-refractivity contribution in [3.8, 4) is 5.75 Å². The van der Waals surface area contributed by atoms with E-state index in [0.717, 1.165) is 5.16 Å². The molecule has 0 radical (unpaired) electrons. The Morgan fingerprint density at radius 2 is 2.00 bits per heavy atom. The van der Waals surface area contributed by atoms with Gasteiger partial charge >= 0.3 is 0 Å². The number of hydrogen-bond acceptors (Lipinski definition) is 5. The Balaban J connectivity index is 1.83. The predicted molar refractivity (Wildman–Crippen MR) is 77.4 cm³/mol. The molecule has 1 aromatic carbocycles. The van der Waals surface area contributed by atoms with Crippen molar-refractivity contribution < 1.29 is 9.13 Å². The van der Waals surface area contributed by atoms with E-state index in [1.54, 1.807) is 12.1 Å². The molecule has 1 heterocycles. The minimum absolute atomic E-state index is 0.213. The van der Waals surface area contributed by atoms with Crippen LogP contribution in [0.1, 0.15) is 19.9 Å². The van der Waals surface area contributed by atoms with Gasteiger partial charge in [0.1, 0.15) is 11.6 Å². The first-order valence-corrected chi connectivity index (χ1v) is 7.28. The van der Waals surface area contributed by atoms with Gasteiger partial charge in [-0.3, -0.25) is 4.57 Å². The molecule has 108 valence electrons. The lowest BCUT2D eigenvalue weighted by Crippen LogP contribution is -2.08. The van der Waals surface area contributed by atoms with Crippen molar-refractivity contribution in [1.29, 1.82) is 0 Å². The van der Waals surface area contributed by atoms with Gasteiger partial charge in [0.2, 0.25) is 5.95 Å². The molecule has 0 aliphatic rings. The number of hydrogen-bond donors (Lipinski definition) is 1. The maximum absolute atomic E-state index is 12.7. The fourth-order valence-corrected chi connectivity index (χ4v) is 2.59. The lowest BCUT2D eigenvalue weighted by molar-refractivity contribution is 0.343. The summed E-state index contributed by atoms with van der Waals surface area (Å²) in [4.78, 5) is 0. The number of anilines is 1. The summed E-state index contributed by atoms with van der Waals surface area (Å²) in [6, 6.07) is 6.17. The van der Waals surface area contributed by atoms with Gasteiger partial charge < -0.3 is 10.5 Å². The van der Waals surface area contributed by atoms with Gasteiger partial charge in [0.15, 0.2) is 5.16 Å². The number of thioether (sulfide) groups is 1. The maximum Gasteiger partial charge on any atom is 0.222 e. The van der Waals surface area contributed by atoms with Crippen LogP contribution < -0.4 is 10.5 Å². The zero-order chi connectivity index (χ0) is 14.5. The van der Waals surface area contributed by atoms with Crippen molar-refractivity contribution in [2.45, 2.75) is 25.0 Å². The minimum Gasteiger partial charge on any atom is -0.493 e. The Morgan fingerprint density at radius 1 is 1.30 bits per heavy atom. The summed E-state index contributed by atoms with van der Waals surface area (Å²) < 4.78 is 20.1. The molecule has 0 unspecified atom stereocenters. The Bertz CT molecular complexity index is 556. The zero-order valence-corrected chi connectivity index (χ0v) is 12.2. The van der Waals surface area contributed by atoms with E-state index in [2.05, 4.69) is 10.2 Å². The normalized spacial score (nSPS) is 11.0. The summed E-state index contributed by atoms with van der Waals surface area (Å²) in [5.41, 5.74) is 5.76. The average molecular weight is 296 g/mol. The molecular formula is C13H17FN4OS. The van der Waals surface area contributed by atoms with Gasteiger partial charge in [-0.15, -0.1) is 10.2 Å². The van der Waals surface area contributed by atoms with E-state index in [4.69, 9.17) is 10.5 Å². The number of nitrogen functional groups attached to an aromatic ring is 1. The highest BCUT2D eigenvalue weighted by Crippen LogP contribution is 2.22. The number of ether oxygens (including phenoxy) is 1. The Kier molecular flexibility index (Phi) is 4.84. The molecule has 2 N–H and O–H groups in total. The Labute approximate surface area is 121 Å². The van der Waals surface area contributed by atoms with E-state index < -0.39 is 0 Å². The van der Waals surface area contributed by atoms with Crippen molar-refractivity contribution in [2.24, 2.45) is 0 Å². The molecular weight excluding hydrogens is 279 g/mol. The fraction of sp³-hybridized carbons (Fsp3) is 0.385. The highest BCUT2D eigenvalue weighted by molar-refractivity contribution is 7.99. The monoisotopic (exact) mass is 296 g/mol. The largest absolute Gasteiger partial charge is 0.493 e. The molecule has 0 saturated heterocycles. The van der Waals surface area contributed by atoms with Gasteiger partial charge in [0.05, 0.1) is 6.61 Å². The van der Waals surface area contributed by atoms with Crippen molar-refractivity contribution >= 4 is 17.7 Å². The van der Waals surface area contributed by atoms with Crippen LogP contribution >= 0.6 is 11.8 Å². The van der Waals surface area contributed by atoms with E-state index in [0.29, 0.717) is 24.1 Å². The lowest BCUT2D eigenvalue weighted by atomic mass is 10.3. The first kappa shape index (κ1) is 14.6. The molecule has 0 fully saturated rings. The fourth-order valence-electron chi connectivity index (χ4n) is 1.70. The van der Waals surface area contributed by atoms with Crippen LogP contribution in [0, 0.1) is 5.82 Å². The molecule has 5 nitrogen and oxygen atoms in total. The topological polar surface area (TPSA) is 66.0 Å². The second-order valence-electron chi connectivity index (χ2n) is 4.46. The molecule has 1 aromatic heterocycles. The molecule has 0 bridgehead atoms. The summed E-state index contributed by atoms with van der Waals surface area (Å²) in [6.07, 6.45) is 0. The third kappa shape index (κ3) is 3.63. The number of nitrogens with zero attached hydrogens (tertiary/aromatic N) is 3. The molecule has 7 heteroatoms. The molecule has 0 aliphatic carbocycles. The summed E-state index contributed by atoms with van der Waals surface area (Å²) in [6.45, 7) is 4.55. The lowest BCUT2D eigenvalue weighted by Gasteiger charge is -2.11. The first-order valence-electron chi connectivity index (χ1n) is 6.29. The molecule has 0 amide bonds. The van der Waals surface area contributed by atoms with Gasteiger partial charge in [-0.2, -0.15) is 0 Å². The number of halogens is 1. The highest BCUT2D eigenvalue weighted by atomic mass is 32.2. The third-order valence-electron chi connectivity index (χ3n) is 2.60. The number of aromatic nitrogens is 3. The minimum atomic E-state index is -0.271. The van der Waals surface area contributed by atoms with Gasteiger partial charge in [-0.05, 0) is 38.1 Å². The molecule has 0 spiro atoms. The van der Waals surface area contributed by atoms with E-state index in [1.165, 1.54) is 23.9 Å². The van der Waals surface area contributed by atoms with Crippen LogP contribution in [0.15, 0.2) is 29.4 Å². The van der Waals surface area contributed by atoms with Crippen LogP contribution in [0.2, 0.25) is 0 Å². The summed E-state index contributed by atoms with van der Waals surface area (Å²) >= 11 is 1.53. The van der Waals surface area contributed by atoms with Crippen LogP contribution in [-0.2, 0) is 0 Å². The number of nitrogens with two attached hydrogens (primary N) is 1. The quantitative estimate of drug-likeness (QED) is 0.656.